The van der Waals surface area contributed by atoms with Crippen LogP contribution < -0.4 is 27.4 Å². The molecule has 0 aliphatic carbocycles. The summed E-state index contributed by atoms with van der Waals surface area (Å²) < 4.78 is 0. The zero-order chi connectivity index (χ0) is 40.1. The molecule has 0 radical (unpaired) electrons. The number of Topliss-reactive ketones (excluding diaryl/α,β-unsaturated/α-hetero) is 2. The van der Waals surface area contributed by atoms with Crippen molar-refractivity contribution in [3.8, 4) is 0 Å². The van der Waals surface area contributed by atoms with Crippen LogP contribution in [0.15, 0.2) is 47.8 Å². The van der Waals surface area contributed by atoms with Gasteiger partial charge in [0.05, 0.1) is 24.8 Å². The molecule has 3 amide bonds. The molecule has 0 aliphatic heterocycles. The third-order valence-corrected chi connectivity index (χ3v) is 9.91. The van der Waals surface area contributed by atoms with Crippen molar-refractivity contribution < 1.29 is 24.0 Å². The molecule has 0 fully saturated rings. The normalized spacial score (nSPS) is 12.6. The predicted molar refractivity (Wildman–Crippen MR) is 218 cm³/mol. The van der Waals surface area contributed by atoms with Gasteiger partial charge in [0.2, 0.25) is 17.7 Å². The first-order valence-electron chi connectivity index (χ1n) is 20.5. The van der Waals surface area contributed by atoms with E-state index in [2.05, 4.69) is 37.8 Å². The van der Waals surface area contributed by atoms with E-state index >= 15 is 0 Å². The first-order chi connectivity index (χ1) is 26.6. The van der Waals surface area contributed by atoms with Crippen molar-refractivity contribution in [2.75, 3.05) is 20.1 Å². The summed E-state index contributed by atoms with van der Waals surface area (Å²) in [5.74, 6) is -3.05. The lowest BCUT2D eigenvalue weighted by Gasteiger charge is -2.24. The predicted octanol–water partition coefficient (Wildman–Crippen LogP) is 5.23. The van der Waals surface area contributed by atoms with E-state index < -0.39 is 23.8 Å². The Kier molecular flexibility index (Phi) is 24.4. The third-order valence-electron chi connectivity index (χ3n) is 9.91. The van der Waals surface area contributed by atoms with Gasteiger partial charge < -0.3 is 32.4 Å². The minimum absolute atomic E-state index is 0.0474. The second kappa shape index (κ2) is 28.8. The topological polar surface area (TPSA) is 215 Å². The quantitative estimate of drug-likeness (QED) is 0.0329. The van der Waals surface area contributed by atoms with Crippen LogP contribution in [-0.4, -0.2) is 71.4 Å². The Labute approximate surface area is 328 Å². The van der Waals surface area contributed by atoms with E-state index in [1.165, 1.54) is 77.6 Å². The molecule has 0 spiro atoms. The summed E-state index contributed by atoms with van der Waals surface area (Å²) in [4.78, 5) is 77.2. The number of aromatic amines is 1. The van der Waals surface area contributed by atoms with E-state index in [0.29, 0.717) is 31.5 Å². The zero-order valence-electron chi connectivity index (χ0n) is 33.4. The van der Waals surface area contributed by atoms with E-state index in [4.69, 9.17) is 11.5 Å². The Morgan fingerprint density at radius 1 is 0.782 bits per heavy atom. The molecule has 0 bridgehead atoms. The summed E-state index contributed by atoms with van der Waals surface area (Å²) in [6, 6.07) is 8.35. The summed E-state index contributed by atoms with van der Waals surface area (Å²) >= 11 is 0. The van der Waals surface area contributed by atoms with Crippen LogP contribution in [0.1, 0.15) is 134 Å². The largest absolute Gasteiger partial charge is 0.370 e. The van der Waals surface area contributed by atoms with Crippen LogP contribution in [-0.2, 0) is 36.8 Å². The van der Waals surface area contributed by atoms with Crippen molar-refractivity contribution in [3.63, 3.8) is 0 Å². The molecule has 8 N–H and O–H groups in total. The Bertz CT molecular complexity index is 1410. The van der Waals surface area contributed by atoms with Crippen molar-refractivity contribution in [1.82, 2.24) is 25.9 Å². The van der Waals surface area contributed by atoms with E-state index in [0.717, 1.165) is 24.8 Å². The number of nitrogens with one attached hydrogen (secondary N) is 4. The first-order valence-corrected chi connectivity index (χ1v) is 20.5. The molecule has 13 heteroatoms. The number of hydrogen-bond donors (Lipinski definition) is 6. The molecule has 13 nitrogen and oxygen atoms in total. The van der Waals surface area contributed by atoms with Crippen molar-refractivity contribution in [2.45, 2.75) is 141 Å². The molecule has 0 unspecified atom stereocenters. The van der Waals surface area contributed by atoms with Gasteiger partial charge in [0.1, 0.15) is 0 Å². The lowest BCUT2D eigenvalue weighted by Crippen LogP contribution is -2.47. The van der Waals surface area contributed by atoms with Crippen LogP contribution in [0, 0.1) is 11.8 Å². The maximum atomic E-state index is 13.9. The number of benzene rings is 1. The third kappa shape index (κ3) is 21.8. The number of carbonyl (C=O) groups is 5. The number of nitrogens with zero attached hydrogens (tertiary/aromatic N) is 2. The van der Waals surface area contributed by atoms with Crippen LogP contribution in [0.4, 0.5) is 0 Å². The van der Waals surface area contributed by atoms with Crippen molar-refractivity contribution in [1.29, 1.82) is 0 Å². The molecular weight excluding hydrogens is 697 g/mol. The maximum absolute atomic E-state index is 13.9. The summed E-state index contributed by atoms with van der Waals surface area (Å²) in [6.07, 6.45) is 20.3. The molecule has 3 atom stereocenters. The van der Waals surface area contributed by atoms with E-state index in [1.54, 1.807) is 6.20 Å². The van der Waals surface area contributed by atoms with Crippen molar-refractivity contribution in [3.05, 3.63) is 54.1 Å². The number of amides is 3. The smallest absolute Gasteiger partial charge is 0.224 e. The standard InChI is InChI=1S/C42H68N8O5/c1-3-4-5-6-7-8-9-10-11-12-13-14-18-23-39(53)48-30-36(51)27-34(26-35-29-46-31-49-35)41(55)50-37(25-32-20-16-15-17-21-32)38(52)28-33(40(54)45-2)22-19-24-47-42(43)44/h15-17,20-21,29,31,33-34,37H,3-14,18-19,22-28,30H2,1-2H3,(H,45,54)(H,46,49)(H,48,53)(H,50,55)(H4,43,44,47)/t33-,34-,37+/m1/s1. The second-order valence-electron chi connectivity index (χ2n) is 14.7. The summed E-state index contributed by atoms with van der Waals surface area (Å²) in [7, 11) is 1.51. The van der Waals surface area contributed by atoms with Gasteiger partial charge >= 0.3 is 0 Å². The number of guanidine groups is 1. The highest BCUT2D eigenvalue weighted by Crippen LogP contribution is 2.18. The molecule has 2 aromatic rings. The molecule has 1 heterocycles. The van der Waals surface area contributed by atoms with Crippen LogP contribution in [0.2, 0.25) is 0 Å². The maximum Gasteiger partial charge on any atom is 0.224 e. The number of H-pyrrole nitrogens is 1. The van der Waals surface area contributed by atoms with Gasteiger partial charge in [-0.05, 0) is 31.2 Å². The van der Waals surface area contributed by atoms with Crippen LogP contribution in [0.3, 0.4) is 0 Å². The summed E-state index contributed by atoms with van der Waals surface area (Å²) in [5, 5.41) is 8.27. The fourth-order valence-corrected chi connectivity index (χ4v) is 6.70. The van der Waals surface area contributed by atoms with Crippen LogP contribution in [0.5, 0.6) is 0 Å². The van der Waals surface area contributed by atoms with E-state index in [-0.39, 0.29) is 61.6 Å². The van der Waals surface area contributed by atoms with E-state index in [9.17, 15) is 24.0 Å². The lowest BCUT2D eigenvalue weighted by atomic mass is 9.90. The number of hydrogen-bond acceptors (Lipinski definition) is 7. The van der Waals surface area contributed by atoms with Crippen LogP contribution >= 0.6 is 0 Å². The molecule has 55 heavy (non-hydrogen) atoms. The Balaban J connectivity index is 1.93. The van der Waals surface area contributed by atoms with Crippen LogP contribution in [0.25, 0.3) is 0 Å². The number of unbranched alkanes of at least 4 members (excludes halogenated alkanes) is 12. The van der Waals surface area contributed by atoms with Crippen molar-refractivity contribution in [2.24, 2.45) is 28.3 Å². The monoisotopic (exact) mass is 765 g/mol. The van der Waals surface area contributed by atoms with Gasteiger partial charge in [-0.25, -0.2) is 4.98 Å². The number of ketones is 2. The molecule has 2 rings (SSSR count). The van der Waals surface area contributed by atoms with E-state index in [1.807, 2.05) is 30.3 Å². The second-order valence-corrected chi connectivity index (χ2v) is 14.7. The average Bonchev–Trinajstić information content (AvgIpc) is 3.69. The molecule has 1 aromatic heterocycles. The van der Waals surface area contributed by atoms with Gasteiger partial charge in [-0.2, -0.15) is 0 Å². The van der Waals surface area contributed by atoms with Gasteiger partial charge in [-0.1, -0.05) is 114 Å². The number of nitrogens with two attached hydrogens (primary N) is 2. The minimum atomic E-state index is -0.945. The van der Waals surface area contributed by atoms with Crippen molar-refractivity contribution >= 4 is 35.2 Å². The number of aliphatic imine (C=N–C) groups is 1. The zero-order valence-corrected chi connectivity index (χ0v) is 33.4. The Hall–Kier alpha value is -4.55. The molecule has 1 aromatic carbocycles. The van der Waals surface area contributed by atoms with Gasteiger partial charge in [0, 0.05) is 57.1 Å². The fourth-order valence-electron chi connectivity index (χ4n) is 6.70. The fraction of sp³-hybridized carbons (Fsp3) is 0.643. The SMILES string of the molecule is CCCCCCCCCCCCCCCC(=O)NCC(=O)C[C@@H](Cc1cnc[nH]1)C(=O)N[C@@H](Cc1ccccc1)C(=O)C[C@@H](CCCN=C(N)N)C(=O)NC. The van der Waals surface area contributed by atoms with Gasteiger partial charge in [-0.15, -0.1) is 0 Å². The van der Waals surface area contributed by atoms with Gasteiger partial charge in [0.15, 0.2) is 17.5 Å². The minimum Gasteiger partial charge on any atom is -0.370 e. The first kappa shape index (κ1) is 46.6. The van der Waals surface area contributed by atoms with Gasteiger partial charge in [-0.3, -0.25) is 29.0 Å². The lowest BCUT2D eigenvalue weighted by molar-refractivity contribution is -0.134. The average molecular weight is 765 g/mol. The Morgan fingerprint density at radius 3 is 2.00 bits per heavy atom. The number of imidazole rings is 1. The molecule has 0 saturated heterocycles. The molecule has 0 aliphatic rings. The number of rotatable bonds is 32. The Morgan fingerprint density at radius 2 is 1.42 bits per heavy atom. The number of carbonyl (C=O) groups excluding carboxylic acids is 5. The highest BCUT2D eigenvalue weighted by molar-refractivity contribution is 5.95. The highest BCUT2D eigenvalue weighted by atomic mass is 16.2. The summed E-state index contributed by atoms with van der Waals surface area (Å²) in [5.41, 5.74) is 12.3. The molecule has 0 saturated carbocycles. The van der Waals surface area contributed by atoms with Gasteiger partial charge in [0.25, 0.3) is 0 Å². The number of aromatic nitrogens is 2. The molecule has 306 valence electrons. The molecular formula is C42H68N8O5. The summed E-state index contributed by atoms with van der Waals surface area (Å²) in [6.45, 7) is 2.38. The highest BCUT2D eigenvalue weighted by Gasteiger charge is 2.30.